The highest BCUT2D eigenvalue weighted by Gasteiger charge is 2.46. The van der Waals surface area contributed by atoms with Crippen molar-refractivity contribution in [2.75, 3.05) is 46.9 Å². The molecule has 0 radical (unpaired) electrons. The lowest BCUT2D eigenvalue weighted by Gasteiger charge is -2.34. The van der Waals surface area contributed by atoms with E-state index >= 15 is 0 Å². The minimum atomic E-state index is -0.181. The van der Waals surface area contributed by atoms with Gasteiger partial charge in [-0.15, -0.1) is 0 Å². The number of likely N-dealkylation sites (tertiary alicyclic amines) is 1. The summed E-state index contributed by atoms with van der Waals surface area (Å²) in [5.74, 6) is 1.19. The molecule has 2 saturated heterocycles. The van der Waals surface area contributed by atoms with E-state index in [9.17, 15) is 9.59 Å². The highest BCUT2D eigenvalue weighted by atomic mass is 16.5. The summed E-state index contributed by atoms with van der Waals surface area (Å²) in [5, 5.41) is 0. The predicted molar refractivity (Wildman–Crippen MR) is 104 cm³/mol. The Morgan fingerprint density at radius 1 is 1.15 bits per heavy atom. The molecule has 1 aromatic carbocycles. The van der Waals surface area contributed by atoms with Gasteiger partial charge in [-0.2, -0.15) is 0 Å². The van der Waals surface area contributed by atoms with Gasteiger partial charge >= 0.3 is 0 Å². The molecule has 2 fully saturated rings. The summed E-state index contributed by atoms with van der Waals surface area (Å²) in [7, 11) is 3.53. The van der Waals surface area contributed by atoms with E-state index < -0.39 is 0 Å². The summed E-state index contributed by atoms with van der Waals surface area (Å²) in [5.41, 5.74) is 1.03. The van der Waals surface area contributed by atoms with E-state index in [1.807, 2.05) is 42.8 Å². The third-order valence-electron chi connectivity index (χ3n) is 5.67. The first-order valence-electron chi connectivity index (χ1n) is 9.70. The van der Waals surface area contributed by atoms with Crippen molar-refractivity contribution < 1.29 is 14.3 Å². The molecule has 0 saturated carbocycles. The first-order valence-corrected chi connectivity index (χ1v) is 9.70. The third kappa shape index (κ3) is 4.43. The monoisotopic (exact) mass is 373 g/mol. The van der Waals surface area contributed by atoms with Crippen LogP contribution in [-0.4, -0.2) is 73.4 Å². The number of nitrogens with zero attached hydrogens (tertiary/aromatic N) is 3. The SMILES string of the molecule is COc1ccc(CN2CCN(C(=O)C(C)C)C[C@@]3(CC(=O)N(C)C3)C2)cc1. The molecular formula is C21H31N3O3. The fraction of sp³-hybridized carbons (Fsp3) is 0.619. The predicted octanol–water partition coefficient (Wildman–Crippen LogP) is 1.84. The molecule has 2 heterocycles. The topological polar surface area (TPSA) is 53.1 Å². The van der Waals surface area contributed by atoms with Crippen LogP contribution in [0, 0.1) is 11.3 Å². The molecule has 6 nitrogen and oxygen atoms in total. The summed E-state index contributed by atoms with van der Waals surface area (Å²) >= 11 is 0. The maximum absolute atomic E-state index is 12.7. The summed E-state index contributed by atoms with van der Waals surface area (Å²) in [4.78, 5) is 31.2. The molecule has 0 N–H and O–H groups in total. The van der Waals surface area contributed by atoms with Crippen LogP contribution in [0.2, 0.25) is 0 Å². The van der Waals surface area contributed by atoms with Gasteiger partial charge in [0, 0.05) is 64.1 Å². The van der Waals surface area contributed by atoms with E-state index in [-0.39, 0.29) is 23.1 Å². The van der Waals surface area contributed by atoms with Crippen molar-refractivity contribution in [1.29, 1.82) is 0 Å². The van der Waals surface area contributed by atoms with Gasteiger partial charge in [-0.05, 0) is 17.7 Å². The van der Waals surface area contributed by atoms with Gasteiger partial charge in [-0.25, -0.2) is 0 Å². The average Bonchev–Trinajstić information content (AvgIpc) is 2.80. The van der Waals surface area contributed by atoms with Crippen molar-refractivity contribution in [2.45, 2.75) is 26.8 Å². The van der Waals surface area contributed by atoms with Crippen LogP contribution in [-0.2, 0) is 16.1 Å². The van der Waals surface area contributed by atoms with Crippen LogP contribution < -0.4 is 4.74 Å². The zero-order valence-corrected chi connectivity index (χ0v) is 16.9. The van der Waals surface area contributed by atoms with E-state index in [4.69, 9.17) is 4.74 Å². The number of hydrogen-bond donors (Lipinski definition) is 0. The van der Waals surface area contributed by atoms with Crippen LogP contribution in [0.1, 0.15) is 25.8 Å². The summed E-state index contributed by atoms with van der Waals surface area (Å²) in [6.07, 6.45) is 0.518. The first kappa shape index (κ1) is 19.7. The average molecular weight is 373 g/mol. The molecule has 1 spiro atoms. The fourth-order valence-electron chi connectivity index (χ4n) is 4.34. The number of rotatable bonds is 4. The van der Waals surface area contributed by atoms with Crippen molar-refractivity contribution in [2.24, 2.45) is 11.3 Å². The minimum absolute atomic E-state index is 0.0231. The maximum Gasteiger partial charge on any atom is 0.225 e. The molecule has 2 amide bonds. The number of amides is 2. The van der Waals surface area contributed by atoms with Crippen LogP contribution in [0.5, 0.6) is 5.75 Å². The van der Waals surface area contributed by atoms with Crippen molar-refractivity contribution in [3.05, 3.63) is 29.8 Å². The van der Waals surface area contributed by atoms with Gasteiger partial charge < -0.3 is 14.5 Å². The molecule has 1 aromatic rings. The summed E-state index contributed by atoms with van der Waals surface area (Å²) < 4.78 is 5.24. The van der Waals surface area contributed by atoms with Gasteiger partial charge in [0.25, 0.3) is 0 Å². The smallest absolute Gasteiger partial charge is 0.225 e. The lowest BCUT2D eigenvalue weighted by molar-refractivity contribution is -0.135. The Hall–Kier alpha value is -2.08. The molecule has 0 aliphatic carbocycles. The second-order valence-electron chi connectivity index (χ2n) is 8.40. The maximum atomic E-state index is 12.7. The molecule has 0 aromatic heterocycles. The zero-order valence-electron chi connectivity index (χ0n) is 16.9. The largest absolute Gasteiger partial charge is 0.497 e. The van der Waals surface area contributed by atoms with Crippen molar-refractivity contribution in [1.82, 2.24) is 14.7 Å². The van der Waals surface area contributed by atoms with Crippen LogP contribution in [0.4, 0.5) is 0 Å². The molecule has 1 atom stereocenters. The van der Waals surface area contributed by atoms with E-state index in [0.717, 1.165) is 25.4 Å². The van der Waals surface area contributed by atoms with Crippen molar-refractivity contribution in [3.8, 4) is 5.75 Å². The van der Waals surface area contributed by atoms with Gasteiger partial charge in [0.2, 0.25) is 11.8 Å². The number of carbonyl (C=O) groups excluding carboxylic acids is 2. The summed E-state index contributed by atoms with van der Waals surface area (Å²) in [6, 6.07) is 8.12. The Labute approximate surface area is 162 Å². The fourth-order valence-corrected chi connectivity index (χ4v) is 4.34. The second-order valence-corrected chi connectivity index (χ2v) is 8.40. The Morgan fingerprint density at radius 2 is 1.85 bits per heavy atom. The van der Waals surface area contributed by atoms with E-state index in [2.05, 4.69) is 17.0 Å². The molecule has 148 valence electrons. The highest BCUT2D eigenvalue weighted by Crippen LogP contribution is 2.35. The number of methoxy groups -OCH3 is 1. The minimum Gasteiger partial charge on any atom is -0.497 e. The standard InChI is InChI=1S/C21H31N3O3/c1-16(2)20(26)24-10-9-23(12-17-5-7-18(27-4)8-6-17)14-21(15-24)11-19(25)22(3)13-21/h5-8,16H,9-15H2,1-4H3/t21-/m1/s1. The quantitative estimate of drug-likeness (QED) is 0.808. The molecule has 6 heteroatoms. The Bertz CT molecular complexity index is 688. The Kier molecular flexibility index (Phi) is 5.75. The first-order chi connectivity index (χ1) is 12.8. The molecular weight excluding hydrogens is 342 g/mol. The number of ether oxygens (including phenoxy) is 1. The second kappa shape index (κ2) is 7.89. The van der Waals surface area contributed by atoms with Gasteiger partial charge in [-0.1, -0.05) is 26.0 Å². The Morgan fingerprint density at radius 3 is 2.41 bits per heavy atom. The van der Waals surface area contributed by atoms with Crippen molar-refractivity contribution in [3.63, 3.8) is 0 Å². The van der Waals surface area contributed by atoms with E-state index in [0.29, 0.717) is 26.1 Å². The Balaban J connectivity index is 1.79. The molecule has 0 bridgehead atoms. The summed E-state index contributed by atoms with van der Waals surface area (Å²) in [6.45, 7) is 8.45. The number of hydrogen-bond acceptors (Lipinski definition) is 4. The number of benzene rings is 1. The van der Waals surface area contributed by atoms with E-state index in [1.54, 1.807) is 7.11 Å². The third-order valence-corrected chi connectivity index (χ3v) is 5.67. The van der Waals surface area contributed by atoms with Crippen LogP contribution in [0.25, 0.3) is 0 Å². The number of carbonyl (C=O) groups is 2. The highest BCUT2D eigenvalue weighted by molar-refractivity contribution is 5.80. The van der Waals surface area contributed by atoms with Crippen molar-refractivity contribution >= 4 is 11.8 Å². The van der Waals surface area contributed by atoms with Crippen LogP contribution in [0.15, 0.2) is 24.3 Å². The zero-order chi connectivity index (χ0) is 19.6. The van der Waals surface area contributed by atoms with Crippen LogP contribution >= 0.6 is 0 Å². The van der Waals surface area contributed by atoms with Gasteiger partial charge in [0.1, 0.15) is 5.75 Å². The molecule has 2 aliphatic rings. The van der Waals surface area contributed by atoms with Crippen LogP contribution in [0.3, 0.4) is 0 Å². The molecule has 0 unspecified atom stereocenters. The molecule has 2 aliphatic heterocycles. The van der Waals surface area contributed by atoms with E-state index in [1.165, 1.54) is 5.56 Å². The lowest BCUT2D eigenvalue weighted by Crippen LogP contribution is -2.45. The molecule has 3 rings (SSSR count). The van der Waals surface area contributed by atoms with Gasteiger partial charge in [0.15, 0.2) is 0 Å². The lowest BCUT2D eigenvalue weighted by atomic mass is 9.85. The normalized spacial score (nSPS) is 24.0. The van der Waals surface area contributed by atoms with Gasteiger partial charge in [-0.3, -0.25) is 14.5 Å². The molecule has 27 heavy (non-hydrogen) atoms. The van der Waals surface area contributed by atoms with Gasteiger partial charge in [0.05, 0.1) is 7.11 Å².